The fraction of sp³-hybridized carbons (Fsp3) is 0.389. The van der Waals surface area contributed by atoms with Gasteiger partial charge in [-0.25, -0.2) is 4.79 Å². The van der Waals surface area contributed by atoms with E-state index in [1.807, 2.05) is 49.8 Å². The van der Waals surface area contributed by atoms with Crippen LogP contribution in [-0.4, -0.2) is 34.8 Å². The molecule has 0 bridgehead atoms. The standard InChI is InChI=1S/C18H23N5O2/c1-12-16(13(2)22(3)21-12)8-9-17(24)20-14-4-6-15(7-5-14)23-11-10-19-18(23)25/h4-7H,8-11H2,1-3H3,(H,19,25)(H,20,24). The second-order valence-electron chi connectivity index (χ2n) is 6.25. The zero-order chi connectivity index (χ0) is 18.0. The van der Waals surface area contributed by atoms with Gasteiger partial charge in [0.1, 0.15) is 0 Å². The number of urea groups is 1. The van der Waals surface area contributed by atoms with Gasteiger partial charge >= 0.3 is 6.03 Å². The minimum atomic E-state index is -0.0843. The Hall–Kier alpha value is -2.83. The van der Waals surface area contributed by atoms with E-state index in [1.165, 1.54) is 0 Å². The monoisotopic (exact) mass is 341 g/mol. The van der Waals surface area contributed by atoms with Crippen molar-refractivity contribution in [1.82, 2.24) is 15.1 Å². The Bertz CT molecular complexity index is 795. The van der Waals surface area contributed by atoms with Gasteiger partial charge in [-0.1, -0.05) is 0 Å². The summed E-state index contributed by atoms with van der Waals surface area (Å²) in [6.45, 7) is 5.30. The van der Waals surface area contributed by atoms with E-state index in [4.69, 9.17) is 0 Å². The smallest absolute Gasteiger partial charge is 0.321 e. The van der Waals surface area contributed by atoms with E-state index in [1.54, 1.807) is 4.90 Å². The molecule has 0 spiro atoms. The molecule has 25 heavy (non-hydrogen) atoms. The number of nitrogens with zero attached hydrogens (tertiary/aromatic N) is 3. The molecule has 1 saturated heterocycles. The lowest BCUT2D eigenvalue weighted by Gasteiger charge is -2.14. The second kappa shape index (κ2) is 6.96. The van der Waals surface area contributed by atoms with Gasteiger partial charge in [-0.2, -0.15) is 5.10 Å². The number of amides is 3. The molecule has 1 aliphatic heterocycles. The highest BCUT2D eigenvalue weighted by atomic mass is 16.2. The van der Waals surface area contributed by atoms with Crippen LogP contribution in [0.3, 0.4) is 0 Å². The van der Waals surface area contributed by atoms with Crippen LogP contribution >= 0.6 is 0 Å². The molecule has 1 aromatic heterocycles. The number of hydrogen-bond donors (Lipinski definition) is 2. The van der Waals surface area contributed by atoms with Crippen molar-refractivity contribution >= 4 is 23.3 Å². The van der Waals surface area contributed by atoms with E-state index in [-0.39, 0.29) is 11.9 Å². The van der Waals surface area contributed by atoms with Crippen LogP contribution in [0.25, 0.3) is 0 Å². The molecule has 1 fully saturated rings. The van der Waals surface area contributed by atoms with Crippen molar-refractivity contribution in [2.45, 2.75) is 26.7 Å². The lowest BCUT2D eigenvalue weighted by molar-refractivity contribution is -0.116. The molecule has 132 valence electrons. The molecule has 1 aromatic carbocycles. The molecular formula is C18H23N5O2. The fourth-order valence-electron chi connectivity index (χ4n) is 3.08. The van der Waals surface area contributed by atoms with E-state index in [2.05, 4.69) is 15.7 Å². The van der Waals surface area contributed by atoms with Crippen LogP contribution < -0.4 is 15.5 Å². The highest BCUT2D eigenvalue weighted by Gasteiger charge is 2.20. The molecule has 0 saturated carbocycles. The van der Waals surface area contributed by atoms with Crippen molar-refractivity contribution in [2.24, 2.45) is 7.05 Å². The molecule has 2 N–H and O–H groups in total. The van der Waals surface area contributed by atoms with Crippen LogP contribution in [0, 0.1) is 13.8 Å². The Kier molecular flexibility index (Phi) is 4.74. The van der Waals surface area contributed by atoms with Gasteiger partial charge in [-0.05, 0) is 50.1 Å². The third-order valence-corrected chi connectivity index (χ3v) is 4.58. The molecule has 2 aromatic rings. The zero-order valence-electron chi connectivity index (χ0n) is 14.8. The molecule has 3 amide bonds. The van der Waals surface area contributed by atoms with E-state index in [9.17, 15) is 9.59 Å². The van der Waals surface area contributed by atoms with Gasteiger partial charge in [0.2, 0.25) is 5.91 Å². The zero-order valence-corrected chi connectivity index (χ0v) is 14.8. The topological polar surface area (TPSA) is 79.3 Å². The lowest BCUT2D eigenvalue weighted by atomic mass is 10.1. The Balaban J connectivity index is 1.57. The van der Waals surface area contributed by atoms with E-state index in [0.717, 1.165) is 28.3 Å². The molecule has 2 heterocycles. The van der Waals surface area contributed by atoms with Crippen LogP contribution in [-0.2, 0) is 18.3 Å². The minimum Gasteiger partial charge on any atom is -0.336 e. The number of hydrogen-bond acceptors (Lipinski definition) is 3. The summed E-state index contributed by atoms with van der Waals surface area (Å²) in [6, 6.07) is 7.24. The normalized spacial score (nSPS) is 13.9. The van der Waals surface area contributed by atoms with E-state index >= 15 is 0 Å². The third kappa shape index (κ3) is 3.65. The van der Waals surface area contributed by atoms with Crippen molar-refractivity contribution in [3.8, 4) is 0 Å². The third-order valence-electron chi connectivity index (χ3n) is 4.58. The molecule has 0 unspecified atom stereocenters. The summed E-state index contributed by atoms with van der Waals surface area (Å²) < 4.78 is 1.84. The van der Waals surface area contributed by atoms with Gasteiger partial charge in [0.25, 0.3) is 0 Å². The maximum atomic E-state index is 12.2. The van der Waals surface area contributed by atoms with E-state index in [0.29, 0.717) is 25.9 Å². The highest BCUT2D eigenvalue weighted by Crippen LogP contribution is 2.20. The molecule has 7 heteroatoms. The summed E-state index contributed by atoms with van der Waals surface area (Å²) in [7, 11) is 1.91. The predicted octanol–water partition coefficient (Wildman–Crippen LogP) is 2.14. The van der Waals surface area contributed by atoms with E-state index < -0.39 is 0 Å². The van der Waals surface area contributed by atoms with Crippen LogP contribution in [0.4, 0.5) is 16.2 Å². The largest absolute Gasteiger partial charge is 0.336 e. The van der Waals surface area contributed by atoms with Gasteiger partial charge in [0.15, 0.2) is 0 Å². The summed E-state index contributed by atoms with van der Waals surface area (Å²) >= 11 is 0. The first-order valence-electron chi connectivity index (χ1n) is 8.40. The Labute approximate surface area is 147 Å². The van der Waals surface area contributed by atoms with Crippen LogP contribution in [0.15, 0.2) is 24.3 Å². The Morgan fingerprint density at radius 1 is 1.28 bits per heavy atom. The molecule has 0 radical (unpaired) electrons. The number of aryl methyl sites for hydroxylation is 2. The first kappa shape index (κ1) is 17.0. The average Bonchev–Trinajstić information content (AvgIpc) is 3.10. The number of carbonyl (C=O) groups is 2. The molecule has 1 aliphatic rings. The summed E-state index contributed by atoms with van der Waals surface area (Å²) in [5.41, 5.74) is 4.76. The maximum absolute atomic E-state index is 12.2. The van der Waals surface area contributed by atoms with Gasteiger partial charge < -0.3 is 10.6 Å². The quantitative estimate of drug-likeness (QED) is 0.874. The predicted molar refractivity (Wildman–Crippen MR) is 96.8 cm³/mol. The van der Waals surface area contributed by atoms with Crippen LogP contribution in [0.2, 0.25) is 0 Å². The average molecular weight is 341 g/mol. The van der Waals surface area contributed by atoms with Crippen molar-refractivity contribution in [1.29, 1.82) is 0 Å². The first-order chi connectivity index (χ1) is 12.0. The molecular weight excluding hydrogens is 318 g/mol. The fourth-order valence-corrected chi connectivity index (χ4v) is 3.08. The van der Waals surface area contributed by atoms with Crippen molar-refractivity contribution < 1.29 is 9.59 Å². The van der Waals surface area contributed by atoms with Crippen molar-refractivity contribution in [3.05, 3.63) is 41.2 Å². The summed E-state index contributed by atoms with van der Waals surface area (Å²) in [4.78, 5) is 25.5. The van der Waals surface area contributed by atoms with Gasteiger partial charge in [0, 0.05) is 43.6 Å². The lowest BCUT2D eigenvalue weighted by Crippen LogP contribution is -2.27. The van der Waals surface area contributed by atoms with Gasteiger partial charge in [-0.15, -0.1) is 0 Å². The van der Waals surface area contributed by atoms with Gasteiger partial charge in [-0.3, -0.25) is 14.4 Å². The highest BCUT2D eigenvalue weighted by molar-refractivity contribution is 5.95. The maximum Gasteiger partial charge on any atom is 0.321 e. The van der Waals surface area contributed by atoms with Crippen LogP contribution in [0.1, 0.15) is 23.4 Å². The Morgan fingerprint density at radius 2 is 2.00 bits per heavy atom. The SMILES string of the molecule is Cc1nn(C)c(C)c1CCC(=O)Nc1ccc(N2CCNC2=O)cc1. The summed E-state index contributed by atoms with van der Waals surface area (Å²) in [5, 5.41) is 10.0. The second-order valence-corrected chi connectivity index (χ2v) is 6.25. The number of benzene rings is 1. The number of carbonyl (C=O) groups excluding carboxylic acids is 2. The number of nitrogens with one attached hydrogen (secondary N) is 2. The molecule has 7 nitrogen and oxygen atoms in total. The summed E-state index contributed by atoms with van der Waals surface area (Å²) in [6.07, 6.45) is 1.08. The van der Waals surface area contributed by atoms with Crippen LogP contribution in [0.5, 0.6) is 0 Å². The Morgan fingerprint density at radius 3 is 2.56 bits per heavy atom. The molecule has 0 atom stereocenters. The van der Waals surface area contributed by atoms with Gasteiger partial charge in [0.05, 0.1) is 5.69 Å². The molecule has 3 rings (SSSR count). The summed E-state index contributed by atoms with van der Waals surface area (Å²) in [5.74, 6) is -0.0330. The van der Waals surface area contributed by atoms with Crippen molar-refractivity contribution in [2.75, 3.05) is 23.3 Å². The minimum absolute atomic E-state index is 0.0330. The number of rotatable bonds is 5. The first-order valence-corrected chi connectivity index (χ1v) is 8.40. The molecule has 0 aliphatic carbocycles. The number of anilines is 2. The van der Waals surface area contributed by atoms with Crippen molar-refractivity contribution in [3.63, 3.8) is 0 Å². The number of aromatic nitrogens is 2.